The molecule has 1 atom stereocenters. The minimum atomic E-state index is -4.14. The lowest BCUT2D eigenvalue weighted by Gasteiger charge is -2.17. The van der Waals surface area contributed by atoms with E-state index in [2.05, 4.69) is 0 Å². The van der Waals surface area contributed by atoms with Gasteiger partial charge < -0.3 is 24.1 Å². The van der Waals surface area contributed by atoms with Crippen molar-refractivity contribution >= 4 is 21.9 Å². The molecule has 0 aliphatic rings. The maximum atomic E-state index is 12.6. The Kier molecular flexibility index (Phi) is 12.2. The van der Waals surface area contributed by atoms with Crippen LogP contribution in [-0.4, -0.2) is 52.8 Å². The van der Waals surface area contributed by atoms with Crippen molar-refractivity contribution in [3.63, 3.8) is 0 Å². The molecule has 1 amide bonds. The number of carbonyl (C=O) groups excluding carboxylic acids is 2. The first-order valence-corrected chi connectivity index (χ1v) is 15.8. The molecular formula is C33H41NO9S. The standard InChI is InChI=1S/C33H41NO9S/c1-33(2,3)32(37)34-44(38,39)27-13-9-11-25(22-27)31(36)43-19-7-6-18-42-26-12-8-10-24(21-26)28(35)16-14-23-15-17-29(40-4)30(20-23)41-5/h8-13,15,17,20-22,28,35H,6-7,14,16,18-19H2,1-5H3,(H,34,37)/t28-/m1/s1. The Morgan fingerprint density at radius 3 is 2.30 bits per heavy atom. The second-order valence-corrected chi connectivity index (χ2v) is 12.9. The number of unbranched alkanes of at least 4 members (excludes halogenated alkanes) is 1. The van der Waals surface area contributed by atoms with Gasteiger partial charge in [0.1, 0.15) is 5.75 Å². The Morgan fingerprint density at radius 2 is 1.59 bits per heavy atom. The van der Waals surface area contributed by atoms with Crippen LogP contribution in [0.1, 0.15) is 67.6 Å². The highest BCUT2D eigenvalue weighted by atomic mass is 32.2. The van der Waals surface area contributed by atoms with Crippen molar-refractivity contribution in [2.24, 2.45) is 5.41 Å². The summed E-state index contributed by atoms with van der Waals surface area (Å²) in [5, 5.41) is 10.7. The Bertz CT molecular complexity index is 1530. The van der Waals surface area contributed by atoms with E-state index in [-0.39, 0.29) is 17.1 Å². The summed E-state index contributed by atoms with van der Waals surface area (Å²) in [6.07, 6.45) is 1.63. The molecule has 0 spiro atoms. The highest BCUT2D eigenvalue weighted by molar-refractivity contribution is 7.90. The van der Waals surface area contributed by atoms with E-state index in [0.717, 1.165) is 11.1 Å². The molecule has 0 heterocycles. The van der Waals surface area contributed by atoms with Crippen molar-refractivity contribution in [1.82, 2.24) is 4.72 Å². The summed E-state index contributed by atoms with van der Waals surface area (Å²) in [7, 11) is -0.962. The number of aliphatic hydroxyl groups is 1. The maximum Gasteiger partial charge on any atom is 0.338 e. The molecule has 3 rings (SSSR count). The van der Waals surface area contributed by atoms with Crippen LogP contribution in [0.5, 0.6) is 17.2 Å². The van der Waals surface area contributed by atoms with Gasteiger partial charge in [-0.05, 0) is 79.3 Å². The summed E-state index contributed by atoms with van der Waals surface area (Å²) >= 11 is 0. The van der Waals surface area contributed by atoms with Crippen molar-refractivity contribution in [3.8, 4) is 17.2 Å². The van der Waals surface area contributed by atoms with Gasteiger partial charge >= 0.3 is 5.97 Å². The van der Waals surface area contributed by atoms with Crippen molar-refractivity contribution in [2.45, 2.75) is 57.5 Å². The van der Waals surface area contributed by atoms with E-state index in [1.54, 1.807) is 35.0 Å². The van der Waals surface area contributed by atoms with Crippen LogP contribution in [0.4, 0.5) is 0 Å². The fourth-order valence-corrected chi connectivity index (χ4v) is 5.29. The number of nitrogens with one attached hydrogen (secondary N) is 1. The van der Waals surface area contributed by atoms with Crippen molar-refractivity contribution in [3.05, 3.63) is 83.4 Å². The number of hydrogen-bond acceptors (Lipinski definition) is 9. The van der Waals surface area contributed by atoms with E-state index < -0.39 is 33.4 Å². The molecule has 0 saturated heterocycles. The first-order chi connectivity index (χ1) is 20.8. The number of rotatable bonds is 15. The van der Waals surface area contributed by atoms with E-state index in [0.29, 0.717) is 49.5 Å². The summed E-state index contributed by atoms with van der Waals surface area (Å²) in [6.45, 7) is 5.30. The quantitative estimate of drug-likeness (QED) is 0.171. The molecule has 0 saturated carbocycles. The van der Waals surface area contributed by atoms with E-state index in [9.17, 15) is 23.1 Å². The molecule has 0 aliphatic carbocycles. The van der Waals surface area contributed by atoms with Gasteiger partial charge in [0, 0.05) is 5.41 Å². The topological polar surface area (TPSA) is 137 Å². The van der Waals surface area contributed by atoms with Crippen LogP contribution in [-0.2, 0) is 26.0 Å². The van der Waals surface area contributed by atoms with Gasteiger partial charge in [0.25, 0.3) is 10.0 Å². The van der Waals surface area contributed by atoms with Crippen molar-refractivity contribution in [2.75, 3.05) is 27.4 Å². The molecule has 10 nitrogen and oxygen atoms in total. The molecule has 44 heavy (non-hydrogen) atoms. The van der Waals surface area contributed by atoms with Crippen LogP contribution in [0.15, 0.2) is 71.6 Å². The molecule has 11 heteroatoms. The molecule has 3 aromatic carbocycles. The van der Waals surface area contributed by atoms with Crippen molar-refractivity contribution < 1.29 is 42.1 Å². The molecule has 2 N–H and O–H groups in total. The number of carbonyl (C=O) groups is 2. The average Bonchev–Trinajstić information content (AvgIpc) is 3.00. The molecule has 0 radical (unpaired) electrons. The number of hydrogen-bond donors (Lipinski definition) is 2. The molecule has 0 unspecified atom stereocenters. The number of sulfonamides is 1. The van der Waals surface area contributed by atoms with Gasteiger partial charge in [0.15, 0.2) is 11.5 Å². The fourth-order valence-electron chi connectivity index (χ4n) is 4.08. The number of methoxy groups -OCH3 is 2. The molecular weight excluding hydrogens is 586 g/mol. The van der Waals surface area contributed by atoms with Crippen LogP contribution < -0.4 is 18.9 Å². The number of benzene rings is 3. The Hall–Kier alpha value is -4.09. The number of amides is 1. The van der Waals surface area contributed by atoms with Crippen LogP contribution in [0.2, 0.25) is 0 Å². The smallest absolute Gasteiger partial charge is 0.338 e. The van der Waals surface area contributed by atoms with Crippen molar-refractivity contribution in [1.29, 1.82) is 0 Å². The normalized spacial score (nSPS) is 12.2. The van der Waals surface area contributed by atoms with Crippen LogP contribution in [0, 0.1) is 5.41 Å². The summed E-state index contributed by atoms with van der Waals surface area (Å²) in [5.74, 6) is 0.609. The van der Waals surface area contributed by atoms with Gasteiger partial charge in [-0.1, -0.05) is 45.0 Å². The molecule has 0 aliphatic heterocycles. The number of esters is 1. The lowest BCUT2D eigenvalue weighted by Crippen LogP contribution is -2.38. The zero-order valence-corrected chi connectivity index (χ0v) is 26.6. The number of aryl methyl sites for hydroxylation is 1. The Morgan fingerprint density at radius 1 is 0.886 bits per heavy atom. The minimum absolute atomic E-state index is 0.0637. The third-order valence-electron chi connectivity index (χ3n) is 6.73. The molecule has 0 aromatic heterocycles. The van der Waals surface area contributed by atoms with E-state index in [1.807, 2.05) is 47.2 Å². The van der Waals surface area contributed by atoms with E-state index >= 15 is 0 Å². The number of aliphatic hydroxyl groups excluding tert-OH is 1. The van der Waals surface area contributed by atoms with Gasteiger partial charge in [0.05, 0.1) is 44.0 Å². The maximum absolute atomic E-state index is 12.6. The van der Waals surface area contributed by atoms with Gasteiger partial charge in [-0.25, -0.2) is 17.9 Å². The predicted molar refractivity (Wildman–Crippen MR) is 166 cm³/mol. The average molecular weight is 628 g/mol. The molecule has 3 aromatic rings. The molecule has 0 fully saturated rings. The molecule has 0 bridgehead atoms. The van der Waals surface area contributed by atoms with Gasteiger partial charge in [-0.3, -0.25) is 4.79 Å². The second kappa shape index (κ2) is 15.6. The summed E-state index contributed by atoms with van der Waals surface area (Å²) in [6, 6.07) is 18.4. The number of ether oxygens (including phenoxy) is 4. The predicted octanol–water partition coefficient (Wildman–Crippen LogP) is 5.24. The van der Waals surface area contributed by atoms with E-state index in [4.69, 9.17) is 18.9 Å². The zero-order valence-electron chi connectivity index (χ0n) is 25.8. The lowest BCUT2D eigenvalue weighted by molar-refractivity contribution is -0.126. The summed E-state index contributed by atoms with van der Waals surface area (Å²) in [5.41, 5.74) is 0.940. The third-order valence-corrected chi connectivity index (χ3v) is 8.05. The van der Waals surface area contributed by atoms with Crippen LogP contribution >= 0.6 is 0 Å². The van der Waals surface area contributed by atoms with Gasteiger partial charge in [-0.2, -0.15) is 0 Å². The fraction of sp³-hybridized carbons (Fsp3) is 0.394. The van der Waals surface area contributed by atoms with Crippen LogP contribution in [0.3, 0.4) is 0 Å². The van der Waals surface area contributed by atoms with E-state index in [1.165, 1.54) is 24.3 Å². The Labute approximate surface area is 259 Å². The lowest BCUT2D eigenvalue weighted by atomic mass is 9.96. The van der Waals surface area contributed by atoms with Crippen LogP contribution in [0.25, 0.3) is 0 Å². The molecule has 238 valence electrons. The monoisotopic (exact) mass is 627 g/mol. The van der Waals surface area contributed by atoms with Gasteiger partial charge in [0.2, 0.25) is 5.91 Å². The largest absolute Gasteiger partial charge is 0.494 e. The highest BCUT2D eigenvalue weighted by Gasteiger charge is 2.27. The zero-order chi connectivity index (χ0) is 32.3. The Balaban J connectivity index is 1.42. The summed E-state index contributed by atoms with van der Waals surface area (Å²) in [4.78, 5) is 24.4. The SMILES string of the molecule is COc1ccc(CC[C@@H](O)c2cccc(OCCCCOC(=O)c3cccc(S(=O)(=O)NC(=O)C(C)(C)C)c3)c2)cc1OC. The first-order valence-electron chi connectivity index (χ1n) is 14.3. The van der Waals surface area contributed by atoms with Gasteiger partial charge in [-0.15, -0.1) is 0 Å². The second-order valence-electron chi connectivity index (χ2n) is 11.2. The summed E-state index contributed by atoms with van der Waals surface area (Å²) < 4.78 is 49.0. The minimum Gasteiger partial charge on any atom is -0.494 e. The highest BCUT2D eigenvalue weighted by Crippen LogP contribution is 2.29. The first kappa shape index (κ1) is 34.4. The third kappa shape index (κ3) is 9.99.